The molecule has 0 saturated heterocycles. The van der Waals surface area contributed by atoms with E-state index in [1.807, 2.05) is 4.90 Å². The predicted octanol–water partition coefficient (Wildman–Crippen LogP) is 3.43. The third kappa shape index (κ3) is 3.63. The highest BCUT2D eigenvalue weighted by atomic mass is 35.5. The van der Waals surface area contributed by atoms with Crippen molar-refractivity contribution in [3.8, 4) is 0 Å². The lowest BCUT2D eigenvalue weighted by molar-refractivity contribution is 0.0735. The lowest BCUT2D eigenvalue weighted by Gasteiger charge is -2.24. The molecule has 4 nitrogen and oxygen atoms in total. The number of carbonyl (C=O) groups excluding carboxylic acids is 1. The number of anilines is 1. The van der Waals surface area contributed by atoms with Gasteiger partial charge in [0.05, 0.1) is 10.6 Å². The summed E-state index contributed by atoms with van der Waals surface area (Å²) in [5.74, 6) is 1.28. The number of hydrogen-bond donors (Lipinski definition) is 1. The normalized spacial score (nSPS) is 14.4. The number of aromatic nitrogens is 1. The van der Waals surface area contributed by atoms with Gasteiger partial charge in [0.2, 0.25) is 0 Å². The molecule has 20 heavy (non-hydrogen) atoms. The van der Waals surface area contributed by atoms with Gasteiger partial charge in [-0.15, -0.1) is 0 Å². The van der Waals surface area contributed by atoms with Crippen LogP contribution in [0, 0.1) is 5.92 Å². The molecule has 5 heteroatoms. The van der Waals surface area contributed by atoms with Gasteiger partial charge < -0.3 is 10.2 Å². The second-order valence-corrected chi connectivity index (χ2v) is 6.12. The van der Waals surface area contributed by atoms with Gasteiger partial charge in [-0.05, 0) is 31.2 Å². The Balaban J connectivity index is 2.18. The molecule has 110 valence electrons. The smallest absolute Gasteiger partial charge is 0.255 e. The molecular formula is C15H22ClN3O. The number of nitrogens with one attached hydrogen (secondary N) is 1. The molecule has 0 bridgehead atoms. The van der Waals surface area contributed by atoms with Gasteiger partial charge in [0.25, 0.3) is 5.91 Å². The average molecular weight is 296 g/mol. The van der Waals surface area contributed by atoms with E-state index in [1.165, 1.54) is 6.20 Å². The summed E-state index contributed by atoms with van der Waals surface area (Å²) < 4.78 is 0. The third-order valence-electron chi connectivity index (χ3n) is 3.54. The number of nitrogens with zero attached hydrogens (tertiary/aromatic N) is 2. The van der Waals surface area contributed by atoms with Crippen LogP contribution < -0.4 is 5.32 Å². The van der Waals surface area contributed by atoms with E-state index in [9.17, 15) is 4.79 Å². The van der Waals surface area contributed by atoms with E-state index in [4.69, 9.17) is 11.6 Å². The Hall–Kier alpha value is -1.29. The van der Waals surface area contributed by atoms with E-state index in [-0.39, 0.29) is 5.91 Å². The van der Waals surface area contributed by atoms with E-state index >= 15 is 0 Å². The van der Waals surface area contributed by atoms with Crippen molar-refractivity contribution >= 4 is 23.3 Å². The molecule has 1 amide bonds. The lowest BCUT2D eigenvalue weighted by atomic mass is 10.1. The summed E-state index contributed by atoms with van der Waals surface area (Å²) in [6.07, 6.45) is 4.76. The van der Waals surface area contributed by atoms with E-state index in [2.05, 4.69) is 24.1 Å². The minimum absolute atomic E-state index is 0.0250. The zero-order valence-corrected chi connectivity index (χ0v) is 13.1. The first-order chi connectivity index (χ1) is 9.52. The standard InChI is InChI=1S/C15H22ClN3O/c1-10(2)6-7-19(11-4-5-11)15(20)12-8-14(17-3)18-9-13(12)16/h8-11H,4-7H2,1-3H3,(H,17,18). The molecular weight excluding hydrogens is 274 g/mol. The molecule has 1 saturated carbocycles. The molecule has 0 radical (unpaired) electrons. The van der Waals surface area contributed by atoms with Gasteiger partial charge in [-0.25, -0.2) is 4.98 Å². The van der Waals surface area contributed by atoms with Crippen LogP contribution in [0.25, 0.3) is 0 Å². The summed E-state index contributed by atoms with van der Waals surface area (Å²) in [6, 6.07) is 2.12. The highest BCUT2D eigenvalue weighted by Gasteiger charge is 2.33. The molecule has 1 aliphatic rings. The molecule has 1 fully saturated rings. The fourth-order valence-corrected chi connectivity index (χ4v) is 2.31. The Kier molecular flexibility index (Phi) is 4.86. The fraction of sp³-hybridized carbons (Fsp3) is 0.600. The van der Waals surface area contributed by atoms with Crippen LogP contribution in [0.15, 0.2) is 12.3 Å². The molecule has 0 aliphatic heterocycles. The molecule has 0 atom stereocenters. The molecule has 1 aromatic rings. The van der Waals surface area contributed by atoms with Crippen molar-refractivity contribution in [1.82, 2.24) is 9.88 Å². The first-order valence-electron chi connectivity index (χ1n) is 7.17. The van der Waals surface area contributed by atoms with Crippen LogP contribution in [0.2, 0.25) is 5.02 Å². The molecule has 0 unspecified atom stereocenters. The summed E-state index contributed by atoms with van der Waals surface area (Å²) in [5.41, 5.74) is 0.543. The van der Waals surface area contributed by atoms with Crippen molar-refractivity contribution in [2.75, 3.05) is 18.9 Å². The highest BCUT2D eigenvalue weighted by molar-refractivity contribution is 6.33. The van der Waals surface area contributed by atoms with Crippen LogP contribution in [0.3, 0.4) is 0 Å². The van der Waals surface area contributed by atoms with Crippen LogP contribution in [0.5, 0.6) is 0 Å². The average Bonchev–Trinajstić information content (AvgIpc) is 3.23. The third-order valence-corrected chi connectivity index (χ3v) is 3.84. The summed E-state index contributed by atoms with van der Waals surface area (Å²) >= 11 is 6.14. The number of amides is 1. The van der Waals surface area contributed by atoms with Crippen molar-refractivity contribution in [2.45, 2.75) is 39.2 Å². The summed E-state index contributed by atoms with van der Waals surface area (Å²) in [5, 5.41) is 3.36. The first kappa shape index (κ1) is 15.1. The quantitative estimate of drug-likeness (QED) is 0.874. The number of halogens is 1. The molecule has 1 aromatic heterocycles. The van der Waals surface area contributed by atoms with Crippen molar-refractivity contribution in [2.24, 2.45) is 5.92 Å². The number of pyridine rings is 1. The number of hydrogen-bond acceptors (Lipinski definition) is 3. The highest BCUT2D eigenvalue weighted by Crippen LogP contribution is 2.30. The fourth-order valence-electron chi connectivity index (χ4n) is 2.13. The van der Waals surface area contributed by atoms with Gasteiger partial charge in [0, 0.05) is 25.8 Å². The Bertz CT molecular complexity index is 486. The second kappa shape index (κ2) is 6.44. The lowest BCUT2D eigenvalue weighted by Crippen LogP contribution is -2.34. The second-order valence-electron chi connectivity index (χ2n) is 5.71. The van der Waals surface area contributed by atoms with Crippen molar-refractivity contribution in [1.29, 1.82) is 0 Å². The van der Waals surface area contributed by atoms with E-state index < -0.39 is 0 Å². The van der Waals surface area contributed by atoms with Gasteiger partial charge in [-0.1, -0.05) is 25.4 Å². The number of rotatable bonds is 6. The van der Waals surface area contributed by atoms with Crippen LogP contribution in [-0.2, 0) is 0 Å². The van der Waals surface area contributed by atoms with Crippen molar-refractivity contribution in [3.05, 3.63) is 22.8 Å². The van der Waals surface area contributed by atoms with Gasteiger partial charge in [-0.2, -0.15) is 0 Å². The Morgan fingerprint density at radius 2 is 2.25 bits per heavy atom. The monoisotopic (exact) mass is 295 g/mol. The molecule has 2 rings (SSSR count). The van der Waals surface area contributed by atoms with Gasteiger partial charge in [-0.3, -0.25) is 4.79 Å². The molecule has 1 N–H and O–H groups in total. The van der Waals surface area contributed by atoms with Crippen LogP contribution >= 0.6 is 11.6 Å². The van der Waals surface area contributed by atoms with Crippen LogP contribution in [0.1, 0.15) is 43.5 Å². The van der Waals surface area contributed by atoms with Crippen LogP contribution in [0.4, 0.5) is 5.82 Å². The summed E-state index contributed by atoms with van der Waals surface area (Å²) in [6.45, 7) is 5.15. The summed E-state index contributed by atoms with van der Waals surface area (Å²) in [4.78, 5) is 18.8. The van der Waals surface area contributed by atoms with Crippen LogP contribution in [-0.4, -0.2) is 35.4 Å². The van der Waals surface area contributed by atoms with Gasteiger partial charge >= 0.3 is 0 Å². The molecule has 0 aromatic carbocycles. The molecule has 0 spiro atoms. The minimum atomic E-state index is 0.0250. The summed E-state index contributed by atoms with van der Waals surface area (Å²) in [7, 11) is 1.78. The maximum Gasteiger partial charge on any atom is 0.255 e. The van der Waals surface area contributed by atoms with E-state index in [1.54, 1.807) is 13.1 Å². The number of carbonyl (C=O) groups is 1. The first-order valence-corrected chi connectivity index (χ1v) is 7.55. The van der Waals surface area contributed by atoms with Gasteiger partial charge in [0.1, 0.15) is 5.82 Å². The maximum absolute atomic E-state index is 12.7. The SMILES string of the molecule is CNc1cc(C(=O)N(CCC(C)C)C2CC2)c(Cl)cn1. The van der Waals surface area contributed by atoms with E-state index in [0.717, 1.165) is 25.8 Å². The Labute approximate surface area is 125 Å². The topological polar surface area (TPSA) is 45.2 Å². The molecule has 1 heterocycles. The van der Waals surface area contributed by atoms with Crippen molar-refractivity contribution < 1.29 is 4.79 Å². The largest absolute Gasteiger partial charge is 0.373 e. The van der Waals surface area contributed by atoms with Crippen molar-refractivity contribution in [3.63, 3.8) is 0 Å². The Morgan fingerprint density at radius 1 is 1.55 bits per heavy atom. The maximum atomic E-state index is 12.7. The van der Waals surface area contributed by atoms with E-state index in [0.29, 0.717) is 28.4 Å². The Morgan fingerprint density at radius 3 is 2.80 bits per heavy atom. The zero-order valence-electron chi connectivity index (χ0n) is 12.3. The van der Waals surface area contributed by atoms with Gasteiger partial charge in [0.15, 0.2) is 0 Å². The molecule has 1 aliphatic carbocycles. The zero-order chi connectivity index (χ0) is 14.7. The minimum Gasteiger partial charge on any atom is -0.373 e. The predicted molar refractivity (Wildman–Crippen MR) is 82.3 cm³/mol.